The third-order valence-electron chi connectivity index (χ3n) is 4.70. The lowest BCUT2D eigenvalue weighted by molar-refractivity contribution is 0.0829. The molecule has 2 unspecified atom stereocenters. The van der Waals surface area contributed by atoms with Crippen molar-refractivity contribution >= 4 is 17.5 Å². The summed E-state index contributed by atoms with van der Waals surface area (Å²) in [7, 11) is 3.23. The minimum Gasteiger partial charge on any atom is -0.497 e. The Morgan fingerprint density at radius 1 is 1.10 bits per heavy atom. The first-order valence-corrected chi connectivity index (χ1v) is 9.81. The zero-order chi connectivity index (χ0) is 21.8. The highest BCUT2D eigenvalue weighted by molar-refractivity contribution is 6.33. The molecule has 0 radical (unpaired) electrons. The summed E-state index contributed by atoms with van der Waals surface area (Å²) in [5.74, 6) is 1.42. The first-order chi connectivity index (χ1) is 15.1. The molecule has 9 nitrogen and oxygen atoms in total. The summed E-state index contributed by atoms with van der Waals surface area (Å²) in [6, 6.07) is 12.3. The molecule has 0 saturated carbocycles. The Morgan fingerprint density at radius 3 is 2.52 bits per heavy atom. The molecule has 31 heavy (non-hydrogen) atoms. The molecule has 10 heteroatoms. The average Bonchev–Trinajstić information content (AvgIpc) is 3.39. The lowest BCUT2D eigenvalue weighted by Crippen LogP contribution is -2.32. The average molecular weight is 446 g/mol. The summed E-state index contributed by atoms with van der Waals surface area (Å²) in [6.07, 6.45) is -0.331. The fraction of sp³-hybridized carbons (Fsp3) is 0.286. The Balaban J connectivity index is 1.43. The summed E-state index contributed by atoms with van der Waals surface area (Å²) in [5.41, 5.74) is 1.37. The third kappa shape index (κ3) is 4.73. The van der Waals surface area contributed by atoms with Crippen molar-refractivity contribution in [1.82, 2.24) is 10.1 Å². The lowest BCUT2D eigenvalue weighted by atomic mass is 10.2. The van der Waals surface area contributed by atoms with Crippen LogP contribution < -0.4 is 15.2 Å². The zero-order valence-corrected chi connectivity index (χ0v) is 17.6. The molecule has 0 spiro atoms. The number of hydrogen-bond donors (Lipinski definition) is 1. The predicted octanol–water partition coefficient (Wildman–Crippen LogP) is 2.93. The smallest absolute Gasteiger partial charge is 0.439 e. The molecule has 0 fully saturated rings. The van der Waals surface area contributed by atoms with E-state index in [-0.39, 0.29) is 24.6 Å². The molecule has 1 aliphatic rings. The van der Waals surface area contributed by atoms with Gasteiger partial charge >= 0.3 is 5.76 Å². The van der Waals surface area contributed by atoms with Crippen molar-refractivity contribution in [3.63, 3.8) is 0 Å². The third-order valence-corrected chi connectivity index (χ3v) is 5.01. The van der Waals surface area contributed by atoms with Crippen molar-refractivity contribution in [2.75, 3.05) is 27.4 Å². The van der Waals surface area contributed by atoms with Crippen LogP contribution in [0, 0.1) is 0 Å². The largest absolute Gasteiger partial charge is 0.497 e. The molecule has 0 bridgehead atoms. The molecular weight excluding hydrogens is 426 g/mol. The molecule has 162 valence electrons. The molecule has 2 heterocycles. The number of H-pyrrole nitrogens is 1. The molecule has 2 aromatic carbocycles. The minimum absolute atomic E-state index is 0.211. The SMILES string of the molecule is COCC1N=C(c2ccc(OC)cc2)OC1COc1ccc(-c2noc(=O)[nH]2)c(Cl)c1. The van der Waals surface area contributed by atoms with Crippen LogP contribution in [0.15, 0.2) is 56.8 Å². The summed E-state index contributed by atoms with van der Waals surface area (Å²) >= 11 is 6.31. The Morgan fingerprint density at radius 2 is 1.87 bits per heavy atom. The van der Waals surface area contributed by atoms with Crippen LogP contribution in [0.25, 0.3) is 11.4 Å². The second-order valence-electron chi connectivity index (χ2n) is 6.74. The van der Waals surface area contributed by atoms with Crippen LogP contribution in [0.4, 0.5) is 0 Å². The second kappa shape index (κ2) is 9.23. The number of benzene rings is 2. The maximum Gasteiger partial charge on any atom is 0.439 e. The number of nitrogens with zero attached hydrogens (tertiary/aromatic N) is 2. The predicted molar refractivity (Wildman–Crippen MR) is 113 cm³/mol. The zero-order valence-electron chi connectivity index (χ0n) is 16.8. The highest BCUT2D eigenvalue weighted by Crippen LogP contribution is 2.29. The van der Waals surface area contributed by atoms with Crippen molar-refractivity contribution in [3.8, 4) is 22.9 Å². The van der Waals surface area contributed by atoms with Gasteiger partial charge in [-0.15, -0.1) is 0 Å². The van der Waals surface area contributed by atoms with Gasteiger partial charge in [-0.05, 0) is 42.5 Å². The Bertz CT molecular complexity index is 1120. The van der Waals surface area contributed by atoms with Crippen LogP contribution in [0.1, 0.15) is 5.56 Å². The quantitative estimate of drug-likeness (QED) is 0.567. The normalized spacial score (nSPS) is 17.8. The summed E-state index contributed by atoms with van der Waals surface area (Å²) < 4.78 is 26.9. The summed E-state index contributed by atoms with van der Waals surface area (Å²) in [4.78, 5) is 18.2. The molecule has 1 aliphatic heterocycles. The van der Waals surface area contributed by atoms with Crippen molar-refractivity contribution in [2.45, 2.75) is 12.1 Å². The molecule has 0 aliphatic carbocycles. The van der Waals surface area contributed by atoms with E-state index in [0.29, 0.717) is 28.8 Å². The van der Waals surface area contributed by atoms with Crippen molar-refractivity contribution in [1.29, 1.82) is 0 Å². The van der Waals surface area contributed by atoms with Crippen molar-refractivity contribution in [3.05, 3.63) is 63.6 Å². The number of halogens is 1. The van der Waals surface area contributed by atoms with Crippen LogP contribution in [0.2, 0.25) is 5.02 Å². The maximum absolute atomic E-state index is 11.1. The Hall–Kier alpha value is -3.30. The van der Waals surface area contributed by atoms with E-state index in [1.54, 1.807) is 32.4 Å². The minimum atomic E-state index is -0.651. The lowest BCUT2D eigenvalue weighted by Gasteiger charge is -2.18. The summed E-state index contributed by atoms with van der Waals surface area (Å²) in [5, 5.41) is 4.00. The van der Waals surface area contributed by atoms with Gasteiger partial charge in [-0.25, -0.2) is 9.79 Å². The highest BCUT2D eigenvalue weighted by Gasteiger charge is 2.32. The number of aliphatic imine (C=N–C) groups is 1. The number of methoxy groups -OCH3 is 2. The molecule has 2 atom stereocenters. The van der Waals surface area contributed by atoms with Gasteiger partial charge in [0.1, 0.15) is 24.1 Å². The van der Waals surface area contributed by atoms with E-state index in [4.69, 9.17) is 30.5 Å². The van der Waals surface area contributed by atoms with Gasteiger partial charge in [0.2, 0.25) is 5.90 Å². The molecular formula is C21H20ClN3O6. The van der Waals surface area contributed by atoms with Gasteiger partial charge in [0.05, 0.1) is 18.7 Å². The molecule has 0 saturated heterocycles. The van der Waals surface area contributed by atoms with Crippen molar-refractivity contribution in [2.24, 2.45) is 4.99 Å². The van der Waals surface area contributed by atoms with Gasteiger partial charge in [0.25, 0.3) is 0 Å². The van der Waals surface area contributed by atoms with E-state index in [1.165, 1.54) is 0 Å². The number of nitrogens with one attached hydrogen (secondary N) is 1. The number of rotatable bonds is 8. The number of aromatic nitrogens is 2. The first kappa shape index (κ1) is 21.0. The van der Waals surface area contributed by atoms with Crippen LogP contribution >= 0.6 is 11.6 Å². The van der Waals surface area contributed by atoms with E-state index >= 15 is 0 Å². The molecule has 1 aromatic heterocycles. The van der Waals surface area contributed by atoms with Gasteiger partial charge in [0.15, 0.2) is 11.9 Å². The fourth-order valence-corrected chi connectivity index (χ4v) is 3.38. The van der Waals surface area contributed by atoms with E-state index in [0.717, 1.165) is 11.3 Å². The number of ether oxygens (including phenoxy) is 4. The molecule has 4 rings (SSSR count). The maximum atomic E-state index is 11.1. The second-order valence-corrected chi connectivity index (χ2v) is 7.15. The van der Waals surface area contributed by atoms with Crippen LogP contribution in [0.5, 0.6) is 11.5 Å². The molecule has 1 N–H and O–H groups in total. The van der Waals surface area contributed by atoms with E-state index in [9.17, 15) is 4.79 Å². The number of hydrogen-bond acceptors (Lipinski definition) is 8. The van der Waals surface area contributed by atoms with E-state index < -0.39 is 5.76 Å². The van der Waals surface area contributed by atoms with Gasteiger partial charge in [0, 0.05) is 18.2 Å². The Kier molecular flexibility index (Phi) is 6.24. The van der Waals surface area contributed by atoms with Gasteiger partial charge in [-0.3, -0.25) is 9.51 Å². The molecule has 0 amide bonds. The van der Waals surface area contributed by atoms with Crippen molar-refractivity contribution < 1.29 is 23.5 Å². The Labute approximate surface area is 182 Å². The van der Waals surface area contributed by atoms with Crippen LogP contribution in [-0.2, 0) is 9.47 Å². The van der Waals surface area contributed by atoms with Crippen LogP contribution in [0.3, 0.4) is 0 Å². The molecule has 3 aromatic rings. The topological polar surface area (TPSA) is 108 Å². The van der Waals surface area contributed by atoms with Gasteiger partial charge < -0.3 is 18.9 Å². The standard InChI is InChI=1S/C21H20ClN3O6/c1-27-10-17-18(30-20(23-17)12-3-5-13(28-2)6-4-12)11-29-14-7-8-15(16(22)9-14)19-24-21(26)31-25-19/h3-9,17-18H,10-11H2,1-2H3,(H,24,25,26). The van der Waals surface area contributed by atoms with Gasteiger partial charge in [-0.1, -0.05) is 16.8 Å². The monoisotopic (exact) mass is 445 g/mol. The van der Waals surface area contributed by atoms with Crippen LogP contribution in [-0.4, -0.2) is 55.6 Å². The first-order valence-electron chi connectivity index (χ1n) is 9.44. The highest BCUT2D eigenvalue weighted by atomic mass is 35.5. The summed E-state index contributed by atoms with van der Waals surface area (Å²) in [6.45, 7) is 0.639. The number of aromatic amines is 1. The fourth-order valence-electron chi connectivity index (χ4n) is 3.12. The van der Waals surface area contributed by atoms with Gasteiger partial charge in [-0.2, -0.15) is 0 Å². The van der Waals surface area contributed by atoms with E-state index in [1.807, 2.05) is 24.3 Å². The van der Waals surface area contributed by atoms with E-state index in [2.05, 4.69) is 19.7 Å².